The van der Waals surface area contributed by atoms with Gasteiger partial charge in [0.1, 0.15) is 9.84 Å². The molecule has 1 unspecified atom stereocenters. The van der Waals surface area contributed by atoms with Crippen LogP contribution in [0.25, 0.3) is 0 Å². The summed E-state index contributed by atoms with van der Waals surface area (Å²) in [6.07, 6.45) is 3.09. The average molecular weight is 263 g/mol. The molecule has 0 bridgehead atoms. The van der Waals surface area contributed by atoms with Crippen LogP contribution in [0.15, 0.2) is 0 Å². The van der Waals surface area contributed by atoms with Crippen molar-refractivity contribution in [2.24, 2.45) is 17.8 Å². The van der Waals surface area contributed by atoms with E-state index in [4.69, 9.17) is 0 Å². The van der Waals surface area contributed by atoms with Gasteiger partial charge in [0.2, 0.25) is 0 Å². The normalized spacial score (nSPS) is 14.5. The number of rotatable bonds is 9. The van der Waals surface area contributed by atoms with Crippen molar-refractivity contribution in [2.45, 2.75) is 40.5 Å². The molecular formula is C13H29NO2S. The predicted octanol–water partition coefficient (Wildman–Crippen LogP) is 2.33. The summed E-state index contributed by atoms with van der Waals surface area (Å²) in [7, 11) is -2.80. The molecule has 0 aromatic carbocycles. The predicted molar refractivity (Wildman–Crippen MR) is 75.0 cm³/mol. The summed E-state index contributed by atoms with van der Waals surface area (Å²) in [6.45, 7) is 10.8. The smallest absolute Gasteiger partial charge is 0.147 e. The first-order valence-corrected chi connectivity index (χ1v) is 8.67. The van der Waals surface area contributed by atoms with Crippen LogP contribution in [0.5, 0.6) is 0 Å². The third-order valence-electron chi connectivity index (χ3n) is 2.99. The number of nitrogens with one attached hydrogen (secondary N) is 1. The molecule has 4 heteroatoms. The van der Waals surface area contributed by atoms with E-state index in [-0.39, 0.29) is 0 Å². The van der Waals surface area contributed by atoms with E-state index in [9.17, 15) is 8.42 Å². The van der Waals surface area contributed by atoms with Crippen molar-refractivity contribution in [1.29, 1.82) is 0 Å². The van der Waals surface area contributed by atoms with E-state index in [1.807, 2.05) is 0 Å². The summed E-state index contributed by atoms with van der Waals surface area (Å²) in [5, 5.41) is 3.46. The van der Waals surface area contributed by atoms with Crippen LogP contribution in [0, 0.1) is 17.8 Å². The van der Waals surface area contributed by atoms with Gasteiger partial charge in [0.05, 0.1) is 0 Å². The van der Waals surface area contributed by atoms with E-state index < -0.39 is 9.84 Å². The van der Waals surface area contributed by atoms with E-state index in [0.717, 1.165) is 25.9 Å². The van der Waals surface area contributed by atoms with Gasteiger partial charge in [0.15, 0.2) is 0 Å². The minimum absolute atomic E-state index is 0.320. The van der Waals surface area contributed by atoms with Crippen molar-refractivity contribution in [3.8, 4) is 0 Å². The van der Waals surface area contributed by atoms with Gasteiger partial charge in [-0.2, -0.15) is 0 Å². The molecule has 0 heterocycles. The molecule has 0 aliphatic carbocycles. The Bertz CT molecular complexity index is 284. The van der Waals surface area contributed by atoms with Crippen molar-refractivity contribution in [2.75, 3.05) is 25.1 Å². The highest BCUT2D eigenvalue weighted by Gasteiger charge is 2.14. The monoisotopic (exact) mass is 263 g/mol. The maximum absolute atomic E-state index is 11.1. The second-order valence-electron chi connectivity index (χ2n) is 5.83. The summed E-state index contributed by atoms with van der Waals surface area (Å²) in [6, 6.07) is 0. The Balaban J connectivity index is 3.91. The van der Waals surface area contributed by atoms with Gasteiger partial charge in [-0.25, -0.2) is 8.42 Å². The molecule has 0 aromatic heterocycles. The van der Waals surface area contributed by atoms with Crippen molar-refractivity contribution in [1.82, 2.24) is 5.32 Å². The molecule has 0 rings (SSSR count). The minimum Gasteiger partial charge on any atom is -0.316 e. The molecule has 1 N–H and O–H groups in total. The minimum atomic E-state index is -2.80. The highest BCUT2D eigenvalue weighted by molar-refractivity contribution is 7.90. The third-order valence-corrected chi connectivity index (χ3v) is 4.02. The Labute approximate surface area is 107 Å². The topological polar surface area (TPSA) is 46.2 Å². The molecule has 0 saturated carbocycles. The van der Waals surface area contributed by atoms with Gasteiger partial charge in [-0.15, -0.1) is 0 Å². The van der Waals surface area contributed by atoms with Crippen LogP contribution in [0.3, 0.4) is 0 Å². The summed E-state index contributed by atoms with van der Waals surface area (Å²) in [4.78, 5) is 0. The Morgan fingerprint density at radius 3 is 2.06 bits per heavy atom. The molecule has 0 fully saturated rings. The van der Waals surface area contributed by atoms with Crippen LogP contribution in [0.4, 0.5) is 0 Å². The van der Waals surface area contributed by atoms with Gasteiger partial charge < -0.3 is 5.32 Å². The molecule has 0 aliphatic heterocycles. The molecule has 104 valence electrons. The molecule has 0 saturated heterocycles. The highest BCUT2D eigenvalue weighted by Crippen LogP contribution is 2.16. The van der Waals surface area contributed by atoms with Crippen LogP contribution < -0.4 is 5.32 Å². The van der Waals surface area contributed by atoms with Crippen LogP contribution in [0.2, 0.25) is 0 Å². The van der Waals surface area contributed by atoms with Gasteiger partial charge in [-0.05, 0) is 43.7 Å². The summed E-state index contributed by atoms with van der Waals surface area (Å²) in [5.74, 6) is 2.17. The first-order chi connectivity index (χ1) is 7.72. The van der Waals surface area contributed by atoms with Crippen molar-refractivity contribution >= 4 is 9.84 Å². The molecule has 17 heavy (non-hydrogen) atoms. The zero-order valence-electron chi connectivity index (χ0n) is 12.0. The lowest BCUT2D eigenvalue weighted by Gasteiger charge is -2.21. The van der Waals surface area contributed by atoms with E-state index in [1.54, 1.807) is 0 Å². The van der Waals surface area contributed by atoms with E-state index in [0.29, 0.717) is 23.5 Å². The molecular weight excluding hydrogens is 234 g/mol. The summed E-state index contributed by atoms with van der Waals surface area (Å²) in [5.41, 5.74) is 0. The maximum Gasteiger partial charge on any atom is 0.147 e. The maximum atomic E-state index is 11.1. The Hall–Kier alpha value is -0.0900. The molecule has 3 nitrogen and oxygen atoms in total. The summed E-state index contributed by atoms with van der Waals surface area (Å²) < 4.78 is 22.1. The number of hydrogen-bond acceptors (Lipinski definition) is 3. The van der Waals surface area contributed by atoms with Gasteiger partial charge >= 0.3 is 0 Å². The standard InChI is InChI=1S/C13H29NO2S/c1-11(2)9-14-10-13(12(3)4)7-6-8-17(5,15)16/h11-14H,6-10H2,1-5H3. The van der Waals surface area contributed by atoms with Crippen LogP contribution in [0.1, 0.15) is 40.5 Å². The largest absolute Gasteiger partial charge is 0.316 e. The Morgan fingerprint density at radius 1 is 1.06 bits per heavy atom. The zero-order chi connectivity index (χ0) is 13.5. The van der Waals surface area contributed by atoms with Crippen LogP contribution >= 0.6 is 0 Å². The fourth-order valence-corrected chi connectivity index (χ4v) is 2.53. The van der Waals surface area contributed by atoms with Crippen LogP contribution in [-0.4, -0.2) is 33.5 Å². The van der Waals surface area contributed by atoms with E-state index in [2.05, 4.69) is 33.0 Å². The van der Waals surface area contributed by atoms with Crippen molar-refractivity contribution in [3.05, 3.63) is 0 Å². The Kier molecular flexibility index (Phi) is 8.05. The number of hydrogen-bond donors (Lipinski definition) is 1. The van der Waals surface area contributed by atoms with Crippen molar-refractivity contribution in [3.63, 3.8) is 0 Å². The van der Waals surface area contributed by atoms with Gasteiger partial charge in [-0.3, -0.25) is 0 Å². The quantitative estimate of drug-likeness (QED) is 0.694. The lowest BCUT2D eigenvalue weighted by Crippen LogP contribution is -2.29. The Morgan fingerprint density at radius 2 is 1.65 bits per heavy atom. The van der Waals surface area contributed by atoms with Crippen LogP contribution in [-0.2, 0) is 9.84 Å². The average Bonchev–Trinajstić information content (AvgIpc) is 2.12. The van der Waals surface area contributed by atoms with Gasteiger partial charge in [0.25, 0.3) is 0 Å². The lowest BCUT2D eigenvalue weighted by atomic mass is 9.91. The second-order valence-corrected chi connectivity index (χ2v) is 8.09. The second kappa shape index (κ2) is 8.09. The SMILES string of the molecule is CC(C)CNCC(CCCS(C)(=O)=O)C(C)C. The number of sulfone groups is 1. The fraction of sp³-hybridized carbons (Fsp3) is 1.00. The molecule has 0 spiro atoms. The lowest BCUT2D eigenvalue weighted by molar-refractivity contribution is 0.332. The highest BCUT2D eigenvalue weighted by atomic mass is 32.2. The van der Waals surface area contributed by atoms with E-state index in [1.165, 1.54) is 6.26 Å². The first kappa shape index (κ1) is 16.9. The van der Waals surface area contributed by atoms with Crippen molar-refractivity contribution < 1.29 is 8.42 Å². The molecule has 0 amide bonds. The van der Waals surface area contributed by atoms with E-state index >= 15 is 0 Å². The molecule has 0 aromatic rings. The molecule has 1 atom stereocenters. The van der Waals surface area contributed by atoms with Gasteiger partial charge in [-0.1, -0.05) is 27.7 Å². The summed E-state index contributed by atoms with van der Waals surface area (Å²) >= 11 is 0. The molecule has 0 aliphatic rings. The zero-order valence-corrected chi connectivity index (χ0v) is 12.8. The fourth-order valence-electron chi connectivity index (χ4n) is 1.84. The van der Waals surface area contributed by atoms with Gasteiger partial charge in [0, 0.05) is 12.0 Å². The first-order valence-electron chi connectivity index (χ1n) is 6.60. The third kappa shape index (κ3) is 10.8. The molecule has 0 radical (unpaired) electrons.